The summed E-state index contributed by atoms with van der Waals surface area (Å²) in [7, 11) is -1.37. The molecule has 6 nitrogen and oxygen atoms in total. The van der Waals surface area contributed by atoms with Crippen molar-refractivity contribution >= 4 is 13.6 Å². The maximum atomic E-state index is 11.7. The fourth-order valence-electron chi connectivity index (χ4n) is 0.785. The van der Waals surface area contributed by atoms with Gasteiger partial charge in [-0.05, 0) is 6.92 Å². The third kappa shape index (κ3) is 3.06. The summed E-state index contributed by atoms with van der Waals surface area (Å²) in [5.41, 5.74) is 0. The van der Waals surface area contributed by atoms with Crippen molar-refractivity contribution in [1.29, 1.82) is 0 Å². The SMILES string of the molecule is COP(=O)(OC)C(C)(O)COC(C)=O. The van der Waals surface area contributed by atoms with Gasteiger partial charge in [-0.3, -0.25) is 9.36 Å². The Balaban J connectivity index is 4.58. The minimum Gasteiger partial charge on any atom is -0.462 e. The maximum absolute atomic E-state index is 11.7. The van der Waals surface area contributed by atoms with Crippen LogP contribution in [-0.2, 0) is 23.1 Å². The molecule has 0 saturated heterocycles. The molecular weight excluding hydrogens is 211 g/mol. The minimum atomic E-state index is -3.66. The predicted molar refractivity (Wildman–Crippen MR) is 48.9 cm³/mol. The molecule has 84 valence electrons. The van der Waals surface area contributed by atoms with Crippen LogP contribution in [0.25, 0.3) is 0 Å². The van der Waals surface area contributed by atoms with E-state index < -0.39 is 25.5 Å². The first-order valence-electron chi connectivity index (χ1n) is 3.86. The first-order valence-corrected chi connectivity index (χ1v) is 5.40. The summed E-state index contributed by atoms with van der Waals surface area (Å²) in [5, 5.41) is 7.85. The number of ether oxygens (including phenoxy) is 1. The largest absolute Gasteiger partial charge is 0.462 e. The molecule has 0 heterocycles. The van der Waals surface area contributed by atoms with Crippen LogP contribution in [0.15, 0.2) is 0 Å². The zero-order valence-electron chi connectivity index (χ0n) is 8.64. The molecule has 14 heavy (non-hydrogen) atoms. The lowest BCUT2D eigenvalue weighted by molar-refractivity contribution is -0.145. The van der Waals surface area contributed by atoms with E-state index in [0.717, 1.165) is 14.2 Å². The van der Waals surface area contributed by atoms with Crippen molar-refractivity contribution in [2.24, 2.45) is 0 Å². The number of hydrogen-bond acceptors (Lipinski definition) is 6. The zero-order chi connectivity index (χ0) is 11.4. The Hall–Kier alpha value is -0.420. The molecule has 1 N–H and O–H groups in total. The van der Waals surface area contributed by atoms with Gasteiger partial charge in [-0.1, -0.05) is 0 Å². The van der Waals surface area contributed by atoms with Crippen molar-refractivity contribution in [3.05, 3.63) is 0 Å². The topological polar surface area (TPSA) is 82.1 Å². The lowest BCUT2D eigenvalue weighted by Crippen LogP contribution is -2.32. The van der Waals surface area contributed by atoms with Gasteiger partial charge in [0, 0.05) is 21.1 Å². The molecule has 0 amide bonds. The smallest absolute Gasteiger partial charge is 0.364 e. The Kier molecular flexibility index (Phi) is 4.74. The van der Waals surface area contributed by atoms with Crippen LogP contribution in [-0.4, -0.2) is 37.2 Å². The van der Waals surface area contributed by atoms with Crippen LogP contribution in [0.5, 0.6) is 0 Å². The summed E-state index contributed by atoms with van der Waals surface area (Å²) in [4.78, 5) is 10.5. The first kappa shape index (κ1) is 13.6. The molecule has 0 rings (SSSR count). The fraction of sp³-hybridized carbons (Fsp3) is 0.857. The Bertz CT molecular complexity index is 241. The average molecular weight is 226 g/mol. The Morgan fingerprint density at radius 3 is 2.14 bits per heavy atom. The van der Waals surface area contributed by atoms with E-state index in [-0.39, 0.29) is 0 Å². The highest BCUT2D eigenvalue weighted by atomic mass is 31.2. The number of esters is 1. The molecule has 0 saturated carbocycles. The molecule has 0 aromatic rings. The van der Waals surface area contributed by atoms with Crippen molar-refractivity contribution in [2.75, 3.05) is 20.8 Å². The van der Waals surface area contributed by atoms with Crippen molar-refractivity contribution < 1.29 is 28.3 Å². The molecule has 0 aliphatic heterocycles. The number of aliphatic hydroxyl groups is 1. The highest BCUT2D eigenvalue weighted by Gasteiger charge is 2.45. The summed E-state index contributed by atoms with van der Waals surface area (Å²) < 4.78 is 25.4. The van der Waals surface area contributed by atoms with Gasteiger partial charge in [0.2, 0.25) is 0 Å². The van der Waals surface area contributed by atoms with Gasteiger partial charge >= 0.3 is 13.6 Å². The van der Waals surface area contributed by atoms with E-state index in [9.17, 15) is 14.5 Å². The van der Waals surface area contributed by atoms with E-state index in [4.69, 9.17) is 0 Å². The summed E-state index contributed by atoms with van der Waals surface area (Å²) in [6.07, 6.45) is 0. The van der Waals surface area contributed by atoms with Crippen LogP contribution in [0.1, 0.15) is 13.8 Å². The number of hydrogen-bond donors (Lipinski definition) is 1. The van der Waals surface area contributed by atoms with Gasteiger partial charge in [-0.2, -0.15) is 0 Å². The van der Waals surface area contributed by atoms with Gasteiger partial charge in [0.05, 0.1) is 0 Å². The maximum Gasteiger partial charge on any atom is 0.364 e. The molecule has 1 unspecified atom stereocenters. The molecule has 0 aromatic carbocycles. The van der Waals surface area contributed by atoms with Gasteiger partial charge in [-0.25, -0.2) is 0 Å². The monoisotopic (exact) mass is 226 g/mol. The second-order valence-electron chi connectivity index (χ2n) is 2.86. The average Bonchev–Trinajstić information content (AvgIpc) is 2.13. The van der Waals surface area contributed by atoms with Crippen LogP contribution in [0.4, 0.5) is 0 Å². The molecule has 1 atom stereocenters. The van der Waals surface area contributed by atoms with Crippen molar-refractivity contribution in [2.45, 2.75) is 19.2 Å². The molecule has 0 fully saturated rings. The van der Waals surface area contributed by atoms with Crippen LogP contribution < -0.4 is 0 Å². The molecule has 0 radical (unpaired) electrons. The van der Waals surface area contributed by atoms with Crippen LogP contribution >= 0.6 is 7.60 Å². The van der Waals surface area contributed by atoms with E-state index in [1.54, 1.807) is 0 Å². The van der Waals surface area contributed by atoms with Crippen LogP contribution in [0.2, 0.25) is 0 Å². The van der Waals surface area contributed by atoms with E-state index >= 15 is 0 Å². The van der Waals surface area contributed by atoms with Gasteiger partial charge in [-0.15, -0.1) is 0 Å². The number of rotatable bonds is 5. The second kappa shape index (κ2) is 4.89. The Morgan fingerprint density at radius 2 is 1.86 bits per heavy atom. The van der Waals surface area contributed by atoms with Crippen molar-refractivity contribution in [3.63, 3.8) is 0 Å². The summed E-state index contributed by atoms with van der Waals surface area (Å²) >= 11 is 0. The Morgan fingerprint density at radius 1 is 1.43 bits per heavy atom. The van der Waals surface area contributed by atoms with Crippen molar-refractivity contribution in [3.8, 4) is 0 Å². The third-order valence-corrected chi connectivity index (χ3v) is 3.89. The second-order valence-corrected chi connectivity index (χ2v) is 5.55. The molecular formula is C7H15O6P. The number of carbonyl (C=O) groups is 1. The van der Waals surface area contributed by atoms with Crippen LogP contribution in [0, 0.1) is 0 Å². The normalized spacial score (nSPS) is 16.1. The van der Waals surface area contributed by atoms with Crippen molar-refractivity contribution in [1.82, 2.24) is 0 Å². The number of carbonyl (C=O) groups excluding carboxylic acids is 1. The standard InChI is InChI=1S/C7H15O6P/c1-6(8)13-5-7(2,9)14(10,11-3)12-4/h9H,5H2,1-4H3. The van der Waals surface area contributed by atoms with E-state index in [2.05, 4.69) is 13.8 Å². The summed E-state index contributed by atoms with van der Waals surface area (Å²) in [6.45, 7) is 1.95. The minimum absolute atomic E-state index is 0.443. The Labute approximate surface area is 82.7 Å². The first-order chi connectivity index (χ1) is 6.29. The summed E-state index contributed by atoms with van der Waals surface area (Å²) in [6, 6.07) is 0. The molecule has 7 heteroatoms. The highest BCUT2D eigenvalue weighted by molar-refractivity contribution is 7.55. The molecule has 0 bridgehead atoms. The highest BCUT2D eigenvalue weighted by Crippen LogP contribution is 2.57. The summed E-state index contributed by atoms with van der Waals surface area (Å²) in [5.74, 6) is -0.580. The third-order valence-electron chi connectivity index (χ3n) is 1.62. The van der Waals surface area contributed by atoms with E-state index in [0.29, 0.717) is 0 Å². The molecule has 0 aliphatic carbocycles. The van der Waals surface area contributed by atoms with Gasteiger partial charge in [0.15, 0.2) is 5.34 Å². The molecule has 0 aliphatic rings. The fourth-order valence-corrected chi connectivity index (χ4v) is 1.94. The lowest BCUT2D eigenvalue weighted by Gasteiger charge is -2.28. The van der Waals surface area contributed by atoms with Gasteiger partial charge < -0.3 is 18.9 Å². The predicted octanol–water partition coefficient (Wildman–Crippen LogP) is 0.744. The molecule has 0 aromatic heterocycles. The van der Waals surface area contributed by atoms with Gasteiger partial charge in [0.1, 0.15) is 6.61 Å². The molecule has 0 spiro atoms. The lowest BCUT2D eigenvalue weighted by atomic mass is 10.4. The van der Waals surface area contributed by atoms with Gasteiger partial charge in [0.25, 0.3) is 0 Å². The quantitative estimate of drug-likeness (QED) is 0.550. The van der Waals surface area contributed by atoms with Crippen LogP contribution in [0.3, 0.4) is 0 Å². The van der Waals surface area contributed by atoms with E-state index in [1.807, 2.05) is 0 Å². The zero-order valence-corrected chi connectivity index (χ0v) is 9.54. The van der Waals surface area contributed by atoms with E-state index in [1.165, 1.54) is 13.8 Å².